The summed E-state index contributed by atoms with van der Waals surface area (Å²) in [4.78, 5) is 10.9. The summed E-state index contributed by atoms with van der Waals surface area (Å²) in [5, 5.41) is 10.5. The van der Waals surface area contributed by atoms with Crippen LogP contribution in [-0.4, -0.2) is 15.6 Å². The molecule has 0 bridgehead atoms. The van der Waals surface area contributed by atoms with E-state index in [1.165, 1.54) is 0 Å². The van der Waals surface area contributed by atoms with E-state index in [-0.39, 0.29) is 5.69 Å². The minimum absolute atomic E-state index is 0.211. The molecule has 0 spiro atoms. The van der Waals surface area contributed by atoms with E-state index in [4.69, 9.17) is 28.3 Å². The van der Waals surface area contributed by atoms with E-state index in [0.717, 1.165) is 10.9 Å². The summed E-state index contributed by atoms with van der Waals surface area (Å²) < 4.78 is 1.57. The molecule has 1 heterocycles. The number of hydrogen-bond donors (Lipinski definition) is 1. The quantitative estimate of drug-likeness (QED) is 0.836. The van der Waals surface area contributed by atoms with Crippen LogP contribution in [0.3, 0.4) is 0 Å². The predicted molar refractivity (Wildman–Crippen MR) is 59.9 cm³/mol. The molecule has 0 amide bonds. The van der Waals surface area contributed by atoms with Crippen LogP contribution in [0.25, 0.3) is 10.9 Å². The van der Waals surface area contributed by atoms with Crippen LogP contribution in [-0.2, 0) is 7.05 Å². The average molecular weight is 244 g/mol. The standard InChI is InChI=1S/C10H7Cl2NO2/c1-13-8-4-7(12)6(11)2-5(8)3-9(13)10(14)15/h2-4H,1H3,(H,14,15). The first-order chi connectivity index (χ1) is 7.00. The van der Waals surface area contributed by atoms with Crippen LogP contribution in [0.1, 0.15) is 10.5 Å². The van der Waals surface area contributed by atoms with Crippen molar-refractivity contribution in [3.05, 3.63) is 33.9 Å². The molecule has 15 heavy (non-hydrogen) atoms. The average Bonchev–Trinajstić information content (AvgIpc) is 2.46. The lowest BCUT2D eigenvalue weighted by molar-refractivity contribution is 0.0687. The number of aromatic nitrogens is 1. The second-order valence-corrected chi connectivity index (χ2v) is 4.03. The van der Waals surface area contributed by atoms with E-state index in [9.17, 15) is 4.79 Å². The van der Waals surface area contributed by atoms with Crippen LogP contribution in [0.5, 0.6) is 0 Å². The monoisotopic (exact) mass is 243 g/mol. The van der Waals surface area contributed by atoms with Crippen molar-refractivity contribution in [1.82, 2.24) is 4.57 Å². The van der Waals surface area contributed by atoms with E-state index >= 15 is 0 Å². The Morgan fingerprint density at radius 3 is 2.47 bits per heavy atom. The van der Waals surface area contributed by atoms with E-state index in [0.29, 0.717) is 10.0 Å². The Hall–Kier alpha value is -1.19. The molecule has 0 atom stereocenters. The van der Waals surface area contributed by atoms with Gasteiger partial charge in [0.05, 0.1) is 10.0 Å². The van der Waals surface area contributed by atoms with Crippen molar-refractivity contribution in [2.24, 2.45) is 7.05 Å². The van der Waals surface area contributed by atoms with Gasteiger partial charge < -0.3 is 9.67 Å². The van der Waals surface area contributed by atoms with Gasteiger partial charge in [-0.1, -0.05) is 23.2 Å². The second kappa shape index (κ2) is 3.43. The zero-order chi connectivity index (χ0) is 11.2. The van der Waals surface area contributed by atoms with Gasteiger partial charge in [0.1, 0.15) is 5.69 Å². The van der Waals surface area contributed by atoms with Crippen molar-refractivity contribution >= 4 is 40.1 Å². The Bertz CT molecular complexity index is 560. The number of carbonyl (C=O) groups is 1. The van der Waals surface area contributed by atoms with Gasteiger partial charge >= 0.3 is 5.97 Å². The highest BCUT2D eigenvalue weighted by Crippen LogP contribution is 2.29. The summed E-state index contributed by atoms with van der Waals surface area (Å²) in [6.07, 6.45) is 0. The largest absolute Gasteiger partial charge is 0.477 e. The first kappa shape index (κ1) is 10.3. The normalized spacial score (nSPS) is 10.9. The highest BCUT2D eigenvalue weighted by atomic mass is 35.5. The molecule has 1 aromatic heterocycles. The van der Waals surface area contributed by atoms with Crippen LogP contribution in [0.4, 0.5) is 0 Å². The third-order valence-electron chi connectivity index (χ3n) is 2.30. The van der Waals surface area contributed by atoms with E-state index in [1.54, 1.807) is 29.8 Å². The van der Waals surface area contributed by atoms with Gasteiger partial charge in [0.25, 0.3) is 0 Å². The predicted octanol–water partition coefficient (Wildman–Crippen LogP) is 3.18. The number of aryl methyl sites for hydroxylation is 1. The lowest BCUT2D eigenvalue weighted by Gasteiger charge is -2.00. The summed E-state index contributed by atoms with van der Waals surface area (Å²) in [7, 11) is 1.68. The molecule has 1 N–H and O–H groups in total. The maximum absolute atomic E-state index is 10.9. The Kier molecular flexibility index (Phi) is 2.37. The van der Waals surface area contributed by atoms with Crippen molar-refractivity contribution < 1.29 is 9.90 Å². The van der Waals surface area contributed by atoms with Gasteiger partial charge in [-0.15, -0.1) is 0 Å². The minimum Gasteiger partial charge on any atom is -0.477 e. The SMILES string of the molecule is Cn1c(C(=O)O)cc2cc(Cl)c(Cl)cc21. The van der Waals surface area contributed by atoms with Gasteiger partial charge in [0.15, 0.2) is 0 Å². The van der Waals surface area contributed by atoms with Gasteiger partial charge in [0, 0.05) is 18.0 Å². The van der Waals surface area contributed by atoms with Crippen LogP contribution in [0.15, 0.2) is 18.2 Å². The number of aromatic carboxylic acids is 1. The third-order valence-corrected chi connectivity index (χ3v) is 3.03. The van der Waals surface area contributed by atoms with Crippen molar-refractivity contribution in [2.45, 2.75) is 0 Å². The van der Waals surface area contributed by atoms with Gasteiger partial charge in [-0.2, -0.15) is 0 Å². The number of benzene rings is 1. The summed E-state index contributed by atoms with van der Waals surface area (Å²) >= 11 is 11.7. The molecule has 0 aliphatic carbocycles. The highest BCUT2D eigenvalue weighted by molar-refractivity contribution is 6.42. The molecule has 5 heteroatoms. The second-order valence-electron chi connectivity index (χ2n) is 3.22. The molecule has 0 aliphatic rings. The lowest BCUT2D eigenvalue weighted by atomic mass is 10.2. The molecule has 0 aliphatic heterocycles. The van der Waals surface area contributed by atoms with Crippen molar-refractivity contribution in [2.75, 3.05) is 0 Å². The topological polar surface area (TPSA) is 42.2 Å². The molecular weight excluding hydrogens is 237 g/mol. The summed E-state index contributed by atoms with van der Waals surface area (Å²) in [6, 6.07) is 4.89. The molecule has 2 aromatic rings. The van der Waals surface area contributed by atoms with Crippen molar-refractivity contribution in [3.63, 3.8) is 0 Å². The van der Waals surface area contributed by atoms with Gasteiger partial charge in [0.2, 0.25) is 0 Å². The third kappa shape index (κ3) is 1.58. The zero-order valence-electron chi connectivity index (χ0n) is 7.79. The number of fused-ring (bicyclic) bond motifs is 1. The number of hydrogen-bond acceptors (Lipinski definition) is 1. The molecule has 3 nitrogen and oxygen atoms in total. The van der Waals surface area contributed by atoms with Crippen molar-refractivity contribution in [1.29, 1.82) is 0 Å². The Morgan fingerprint density at radius 2 is 1.87 bits per heavy atom. The lowest BCUT2D eigenvalue weighted by Crippen LogP contribution is -2.03. The van der Waals surface area contributed by atoms with Crippen LogP contribution >= 0.6 is 23.2 Å². The maximum Gasteiger partial charge on any atom is 0.352 e. The Labute approximate surface area is 95.8 Å². The summed E-state index contributed by atoms with van der Waals surface area (Å²) in [5.41, 5.74) is 0.963. The molecule has 0 unspecified atom stereocenters. The van der Waals surface area contributed by atoms with E-state index in [2.05, 4.69) is 0 Å². The van der Waals surface area contributed by atoms with Gasteiger partial charge in [-0.05, 0) is 18.2 Å². The summed E-state index contributed by atoms with van der Waals surface area (Å²) in [6.45, 7) is 0. The van der Waals surface area contributed by atoms with E-state index < -0.39 is 5.97 Å². The number of carboxylic acid groups (broad SMARTS) is 1. The number of nitrogens with zero attached hydrogens (tertiary/aromatic N) is 1. The smallest absolute Gasteiger partial charge is 0.352 e. The Balaban J connectivity index is 2.83. The minimum atomic E-state index is -0.971. The molecule has 0 fully saturated rings. The Morgan fingerprint density at radius 1 is 1.27 bits per heavy atom. The molecule has 0 saturated heterocycles. The fraction of sp³-hybridized carbons (Fsp3) is 0.100. The molecule has 0 radical (unpaired) electrons. The molecule has 2 rings (SSSR count). The number of carboxylic acids is 1. The first-order valence-electron chi connectivity index (χ1n) is 4.18. The summed E-state index contributed by atoms with van der Waals surface area (Å²) in [5.74, 6) is -0.971. The molecule has 78 valence electrons. The molecular formula is C10H7Cl2NO2. The van der Waals surface area contributed by atoms with Gasteiger partial charge in [-0.25, -0.2) is 4.79 Å². The van der Waals surface area contributed by atoms with Crippen LogP contribution in [0, 0.1) is 0 Å². The fourth-order valence-corrected chi connectivity index (χ4v) is 1.87. The fourth-order valence-electron chi connectivity index (χ4n) is 1.54. The molecule has 0 saturated carbocycles. The first-order valence-corrected chi connectivity index (χ1v) is 4.94. The highest BCUT2D eigenvalue weighted by Gasteiger charge is 2.13. The van der Waals surface area contributed by atoms with Crippen LogP contribution < -0.4 is 0 Å². The number of rotatable bonds is 1. The van der Waals surface area contributed by atoms with E-state index in [1.807, 2.05) is 0 Å². The van der Waals surface area contributed by atoms with Gasteiger partial charge in [-0.3, -0.25) is 0 Å². The molecule has 1 aromatic carbocycles. The zero-order valence-corrected chi connectivity index (χ0v) is 9.30. The number of halogens is 2. The van der Waals surface area contributed by atoms with Crippen LogP contribution in [0.2, 0.25) is 10.0 Å². The maximum atomic E-state index is 10.9. The van der Waals surface area contributed by atoms with Crippen molar-refractivity contribution in [3.8, 4) is 0 Å².